The minimum Gasteiger partial charge on any atom is -0.461 e. The van der Waals surface area contributed by atoms with Crippen LogP contribution in [0, 0.1) is 5.92 Å². The Morgan fingerprint density at radius 1 is 1.23 bits per heavy atom. The Labute approximate surface area is 131 Å². The summed E-state index contributed by atoms with van der Waals surface area (Å²) in [6.45, 7) is 4.04. The van der Waals surface area contributed by atoms with Gasteiger partial charge in [0, 0.05) is 31.5 Å². The van der Waals surface area contributed by atoms with E-state index >= 15 is 0 Å². The molecule has 0 saturated carbocycles. The highest BCUT2D eigenvalue weighted by Gasteiger charge is 2.20. The van der Waals surface area contributed by atoms with Crippen LogP contribution < -0.4 is 0 Å². The molecule has 0 radical (unpaired) electrons. The highest BCUT2D eigenvalue weighted by atomic mass is 16.3. The molecular formula is C19H23NO2. The summed E-state index contributed by atoms with van der Waals surface area (Å²) in [5, 5.41) is 0. The maximum Gasteiger partial charge on any atom is 0.223 e. The van der Waals surface area contributed by atoms with Crippen molar-refractivity contribution in [3.63, 3.8) is 0 Å². The zero-order valence-electron chi connectivity index (χ0n) is 13.1. The van der Waals surface area contributed by atoms with Gasteiger partial charge in [-0.15, -0.1) is 0 Å². The molecule has 1 aliphatic rings. The van der Waals surface area contributed by atoms with Gasteiger partial charge in [0.2, 0.25) is 5.91 Å². The van der Waals surface area contributed by atoms with Crippen molar-refractivity contribution in [3.8, 4) is 11.3 Å². The standard InChI is InChI=1S/C19H23NO2/c1-15-6-5-13-20(14-15)19(21)12-10-17-9-11-18(22-17)16-7-3-2-4-8-16/h2-4,7-9,11,15H,5-6,10,12-14H2,1H3. The number of carbonyl (C=O) groups excluding carboxylic acids is 1. The number of amides is 1. The Balaban J connectivity index is 1.56. The first-order valence-electron chi connectivity index (χ1n) is 8.14. The summed E-state index contributed by atoms with van der Waals surface area (Å²) in [6, 6.07) is 14.0. The number of hydrogen-bond donors (Lipinski definition) is 0. The monoisotopic (exact) mass is 297 g/mol. The lowest BCUT2D eigenvalue weighted by Crippen LogP contribution is -2.39. The summed E-state index contributed by atoms with van der Waals surface area (Å²) in [7, 11) is 0. The van der Waals surface area contributed by atoms with Gasteiger partial charge in [0.25, 0.3) is 0 Å². The van der Waals surface area contributed by atoms with Crippen LogP contribution >= 0.6 is 0 Å². The predicted molar refractivity (Wildman–Crippen MR) is 87.4 cm³/mol. The van der Waals surface area contributed by atoms with Crippen LogP contribution in [0.15, 0.2) is 46.9 Å². The molecule has 2 aromatic rings. The molecule has 1 aromatic carbocycles. The molecule has 1 aliphatic heterocycles. The second kappa shape index (κ2) is 6.82. The van der Waals surface area contributed by atoms with Crippen molar-refractivity contribution in [2.45, 2.75) is 32.6 Å². The molecule has 1 saturated heterocycles. The van der Waals surface area contributed by atoms with E-state index in [0.717, 1.165) is 36.6 Å². The molecule has 0 N–H and O–H groups in total. The van der Waals surface area contributed by atoms with Crippen molar-refractivity contribution < 1.29 is 9.21 Å². The summed E-state index contributed by atoms with van der Waals surface area (Å²) < 4.78 is 5.86. The van der Waals surface area contributed by atoms with Crippen molar-refractivity contribution in [1.29, 1.82) is 0 Å². The first-order chi connectivity index (χ1) is 10.7. The van der Waals surface area contributed by atoms with Gasteiger partial charge in [-0.2, -0.15) is 0 Å². The SMILES string of the molecule is CC1CCCN(C(=O)CCc2ccc(-c3ccccc3)o2)C1. The second-order valence-corrected chi connectivity index (χ2v) is 6.22. The van der Waals surface area contributed by atoms with E-state index in [1.165, 1.54) is 6.42 Å². The van der Waals surface area contributed by atoms with Crippen molar-refractivity contribution >= 4 is 5.91 Å². The number of aryl methyl sites for hydroxylation is 1. The third-order valence-corrected chi connectivity index (χ3v) is 4.31. The first-order valence-corrected chi connectivity index (χ1v) is 8.14. The van der Waals surface area contributed by atoms with Gasteiger partial charge in [0.1, 0.15) is 11.5 Å². The summed E-state index contributed by atoms with van der Waals surface area (Å²) in [4.78, 5) is 14.3. The second-order valence-electron chi connectivity index (χ2n) is 6.22. The lowest BCUT2D eigenvalue weighted by Gasteiger charge is -2.30. The van der Waals surface area contributed by atoms with Crippen molar-refractivity contribution in [2.75, 3.05) is 13.1 Å². The zero-order valence-corrected chi connectivity index (χ0v) is 13.1. The van der Waals surface area contributed by atoms with Crippen molar-refractivity contribution in [3.05, 3.63) is 48.2 Å². The van der Waals surface area contributed by atoms with Crippen LogP contribution in [0.1, 0.15) is 31.9 Å². The molecule has 3 rings (SSSR count). The van der Waals surface area contributed by atoms with E-state index in [4.69, 9.17) is 4.42 Å². The minimum atomic E-state index is 0.254. The smallest absolute Gasteiger partial charge is 0.223 e. The summed E-state index contributed by atoms with van der Waals surface area (Å²) in [5.41, 5.74) is 1.07. The number of nitrogens with zero attached hydrogens (tertiary/aromatic N) is 1. The third-order valence-electron chi connectivity index (χ3n) is 4.31. The topological polar surface area (TPSA) is 33.5 Å². The molecule has 2 heterocycles. The Bertz CT molecular complexity index is 617. The molecule has 1 atom stereocenters. The Morgan fingerprint density at radius 2 is 2.05 bits per heavy atom. The number of furan rings is 1. The van der Waals surface area contributed by atoms with E-state index in [1.54, 1.807) is 0 Å². The molecule has 3 nitrogen and oxygen atoms in total. The highest BCUT2D eigenvalue weighted by Crippen LogP contribution is 2.23. The average Bonchev–Trinajstić information content (AvgIpc) is 3.02. The molecule has 3 heteroatoms. The fourth-order valence-electron chi connectivity index (χ4n) is 3.07. The van der Waals surface area contributed by atoms with Gasteiger partial charge in [-0.1, -0.05) is 37.3 Å². The Kier molecular flexibility index (Phi) is 4.62. The van der Waals surface area contributed by atoms with E-state index in [-0.39, 0.29) is 5.91 Å². The fourth-order valence-corrected chi connectivity index (χ4v) is 3.07. The van der Waals surface area contributed by atoms with E-state index in [0.29, 0.717) is 18.8 Å². The van der Waals surface area contributed by atoms with Crippen LogP contribution in [0.25, 0.3) is 11.3 Å². The molecule has 1 unspecified atom stereocenters. The third kappa shape index (κ3) is 3.59. The largest absolute Gasteiger partial charge is 0.461 e. The summed E-state index contributed by atoms with van der Waals surface area (Å²) >= 11 is 0. The molecule has 1 fully saturated rings. The highest BCUT2D eigenvalue weighted by molar-refractivity contribution is 5.76. The van der Waals surface area contributed by atoms with Gasteiger partial charge < -0.3 is 9.32 Å². The quantitative estimate of drug-likeness (QED) is 0.850. The van der Waals surface area contributed by atoms with E-state index in [1.807, 2.05) is 47.4 Å². The van der Waals surface area contributed by atoms with Crippen LogP contribution in [0.4, 0.5) is 0 Å². The lowest BCUT2D eigenvalue weighted by molar-refractivity contribution is -0.132. The first kappa shape index (κ1) is 14.9. The van der Waals surface area contributed by atoms with Gasteiger partial charge in [0.15, 0.2) is 0 Å². The molecule has 22 heavy (non-hydrogen) atoms. The normalized spacial score (nSPS) is 18.4. The van der Waals surface area contributed by atoms with E-state index < -0.39 is 0 Å². The van der Waals surface area contributed by atoms with Crippen molar-refractivity contribution in [2.24, 2.45) is 5.92 Å². The number of likely N-dealkylation sites (tertiary alicyclic amines) is 1. The minimum absolute atomic E-state index is 0.254. The maximum atomic E-state index is 12.3. The number of rotatable bonds is 4. The maximum absolute atomic E-state index is 12.3. The summed E-state index contributed by atoms with van der Waals surface area (Å²) in [5.74, 6) is 2.64. The van der Waals surface area contributed by atoms with Gasteiger partial charge in [0.05, 0.1) is 0 Å². The van der Waals surface area contributed by atoms with Crippen molar-refractivity contribution in [1.82, 2.24) is 4.90 Å². The number of carbonyl (C=O) groups is 1. The number of benzene rings is 1. The molecular weight excluding hydrogens is 274 g/mol. The molecule has 1 aromatic heterocycles. The number of hydrogen-bond acceptors (Lipinski definition) is 2. The van der Waals surface area contributed by atoms with E-state index in [9.17, 15) is 4.79 Å². The van der Waals surface area contributed by atoms with Crippen LogP contribution in [-0.4, -0.2) is 23.9 Å². The van der Waals surface area contributed by atoms with Crippen LogP contribution in [0.2, 0.25) is 0 Å². The van der Waals surface area contributed by atoms with Gasteiger partial charge in [-0.25, -0.2) is 0 Å². The van der Waals surface area contributed by atoms with E-state index in [2.05, 4.69) is 6.92 Å². The molecule has 0 aliphatic carbocycles. The zero-order chi connectivity index (χ0) is 15.4. The molecule has 116 valence electrons. The predicted octanol–water partition coefficient (Wildman–Crippen LogP) is 4.14. The Morgan fingerprint density at radius 3 is 2.82 bits per heavy atom. The molecule has 0 bridgehead atoms. The lowest BCUT2D eigenvalue weighted by atomic mass is 10.00. The van der Waals surface area contributed by atoms with Crippen LogP contribution in [0.3, 0.4) is 0 Å². The van der Waals surface area contributed by atoms with Crippen LogP contribution in [-0.2, 0) is 11.2 Å². The van der Waals surface area contributed by atoms with Gasteiger partial charge in [-0.3, -0.25) is 4.79 Å². The summed E-state index contributed by atoms with van der Waals surface area (Å²) in [6.07, 6.45) is 3.58. The average molecular weight is 297 g/mol. The number of piperidine rings is 1. The van der Waals surface area contributed by atoms with Crippen LogP contribution in [0.5, 0.6) is 0 Å². The fraction of sp³-hybridized carbons (Fsp3) is 0.421. The molecule has 1 amide bonds. The van der Waals surface area contributed by atoms with Gasteiger partial charge >= 0.3 is 0 Å². The Hall–Kier alpha value is -2.03. The molecule has 0 spiro atoms. The van der Waals surface area contributed by atoms with Gasteiger partial charge in [-0.05, 0) is 30.9 Å².